The standard InChI is InChI=1S/C34H46ClN5O8/c1-5-7-24(27(41)30(43)36-23-10-11-23)37-29(42)26-16-34(15-25(39-48-34)21-8-6-9-22(35)14-21)19-40(26)31(44)28(33(2,3)4)38-32(45)47-18-20-12-13-46-17-20/h6,8-9,14-15,20,23-24,26,28,39H,5,7,10-13,16-19H2,1-4H3,(H,36,43)(H,37,42)(H,38,45)/t20?,24-,26-,28+,34+/m0/s1. The molecule has 0 aromatic heterocycles. The number of halogens is 1. The number of nitrogens with zero attached hydrogens (tertiary/aromatic N) is 1. The van der Waals surface area contributed by atoms with E-state index in [9.17, 15) is 24.0 Å². The predicted octanol–water partition coefficient (Wildman–Crippen LogP) is 2.87. The number of ketones is 1. The van der Waals surface area contributed by atoms with Gasteiger partial charge in [-0.15, -0.1) is 0 Å². The number of carbonyl (C=O) groups excluding carboxylic acids is 5. The lowest BCUT2D eigenvalue weighted by molar-refractivity contribution is -0.144. The molecule has 1 aromatic rings. The van der Waals surface area contributed by atoms with Gasteiger partial charge in [0.1, 0.15) is 17.7 Å². The maximum Gasteiger partial charge on any atom is 0.407 e. The number of Topliss-reactive ketones (excluding diaryl/α,β-unsaturated/α-hetero) is 1. The summed E-state index contributed by atoms with van der Waals surface area (Å²) >= 11 is 6.23. The van der Waals surface area contributed by atoms with Gasteiger partial charge in [0.15, 0.2) is 0 Å². The maximum atomic E-state index is 14.4. The van der Waals surface area contributed by atoms with E-state index >= 15 is 0 Å². The molecule has 4 aliphatic rings. The second-order valence-corrected chi connectivity index (χ2v) is 14.7. The maximum absolute atomic E-state index is 14.4. The summed E-state index contributed by atoms with van der Waals surface area (Å²) in [5.41, 5.74) is 2.41. The Bertz CT molecular complexity index is 1440. The fourth-order valence-corrected chi connectivity index (χ4v) is 6.36. The minimum Gasteiger partial charge on any atom is -0.449 e. The molecule has 1 unspecified atom stereocenters. The Morgan fingerprint density at radius 3 is 2.56 bits per heavy atom. The largest absolute Gasteiger partial charge is 0.449 e. The summed E-state index contributed by atoms with van der Waals surface area (Å²) in [6.45, 7) is 8.51. The SMILES string of the molecule is CCC[C@H](NC(=O)[C@@H]1C[C@]2(C=C(c3cccc(Cl)c3)NO2)CN1C(=O)[C@@H](NC(=O)OCC1CCOC1)C(C)(C)C)C(=O)C(=O)NC1CC1. The molecule has 1 aromatic carbocycles. The van der Waals surface area contributed by atoms with Gasteiger partial charge in [-0.3, -0.25) is 29.5 Å². The van der Waals surface area contributed by atoms with E-state index in [0.29, 0.717) is 30.4 Å². The van der Waals surface area contributed by atoms with Crippen LogP contribution in [0.15, 0.2) is 30.3 Å². The molecule has 5 rings (SSSR count). The molecule has 4 amide bonds. The predicted molar refractivity (Wildman–Crippen MR) is 176 cm³/mol. The lowest BCUT2D eigenvalue weighted by Gasteiger charge is -2.35. The van der Waals surface area contributed by atoms with Crippen LogP contribution >= 0.6 is 11.6 Å². The minimum absolute atomic E-state index is 0.0188. The Hall–Kier alpha value is -3.68. The highest BCUT2D eigenvalue weighted by Gasteiger charge is 2.54. The number of rotatable bonds is 12. The first-order valence-electron chi connectivity index (χ1n) is 16.7. The summed E-state index contributed by atoms with van der Waals surface area (Å²) in [6, 6.07) is 3.92. The van der Waals surface area contributed by atoms with Crippen LogP contribution in [0.3, 0.4) is 0 Å². The van der Waals surface area contributed by atoms with Gasteiger partial charge in [0, 0.05) is 35.6 Å². The molecule has 0 bridgehead atoms. The lowest BCUT2D eigenvalue weighted by atomic mass is 9.85. The molecule has 4 N–H and O–H groups in total. The first kappa shape index (κ1) is 35.6. The number of amides is 4. The van der Waals surface area contributed by atoms with Crippen molar-refractivity contribution in [3.8, 4) is 0 Å². The van der Waals surface area contributed by atoms with Crippen molar-refractivity contribution >= 4 is 46.9 Å². The molecule has 262 valence electrons. The van der Waals surface area contributed by atoms with Crippen molar-refractivity contribution in [3.63, 3.8) is 0 Å². The van der Waals surface area contributed by atoms with Crippen molar-refractivity contribution < 1.29 is 38.3 Å². The van der Waals surface area contributed by atoms with Gasteiger partial charge in [-0.05, 0) is 49.3 Å². The van der Waals surface area contributed by atoms with Crippen LogP contribution in [-0.4, -0.2) is 90.6 Å². The number of carbonyl (C=O) groups is 5. The van der Waals surface area contributed by atoms with Crippen molar-refractivity contribution in [2.45, 2.75) is 96.0 Å². The molecule has 48 heavy (non-hydrogen) atoms. The molecule has 1 aliphatic carbocycles. The van der Waals surface area contributed by atoms with Gasteiger partial charge < -0.3 is 30.3 Å². The van der Waals surface area contributed by atoms with Crippen LogP contribution in [0.25, 0.3) is 5.70 Å². The van der Waals surface area contributed by atoms with Gasteiger partial charge in [0.05, 0.1) is 31.5 Å². The fraction of sp³-hybridized carbons (Fsp3) is 0.618. The quantitative estimate of drug-likeness (QED) is 0.242. The molecule has 0 radical (unpaired) electrons. The van der Waals surface area contributed by atoms with Crippen molar-refractivity contribution in [1.29, 1.82) is 0 Å². The van der Waals surface area contributed by atoms with E-state index in [1.165, 1.54) is 4.90 Å². The third-order valence-electron chi connectivity index (χ3n) is 9.04. The summed E-state index contributed by atoms with van der Waals surface area (Å²) in [6.07, 6.45) is 4.31. The molecule has 13 nitrogen and oxygen atoms in total. The first-order valence-corrected chi connectivity index (χ1v) is 17.1. The van der Waals surface area contributed by atoms with Crippen molar-refractivity contribution in [2.75, 3.05) is 26.4 Å². The van der Waals surface area contributed by atoms with Crippen LogP contribution in [0.4, 0.5) is 4.79 Å². The van der Waals surface area contributed by atoms with E-state index in [0.717, 1.165) is 24.8 Å². The molecular weight excluding hydrogens is 642 g/mol. The normalized spacial score (nSPS) is 24.8. The zero-order valence-electron chi connectivity index (χ0n) is 27.9. The van der Waals surface area contributed by atoms with E-state index in [1.54, 1.807) is 39.0 Å². The highest BCUT2D eigenvalue weighted by molar-refractivity contribution is 6.38. The molecule has 14 heteroatoms. The van der Waals surface area contributed by atoms with Gasteiger partial charge in [-0.2, -0.15) is 0 Å². The Morgan fingerprint density at radius 2 is 1.92 bits per heavy atom. The zero-order valence-corrected chi connectivity index (χ0v) is 28.7. The summed E-state index contributed by atoms with van der Waals surface area (Å²) in [7, 11) is 0. The monoisotopic (exact) mass is 687 g/mol. The fourth-order valence-electron chi connectivity index (χ4n) is 6.17. The zero-order chi connectivity index (χ0) is 34.6. The van der Waals surface area contributed by atoms with Gasteiger partial charge in [0.2, 0.25) is 17.6 Å². The summed E-state index contributed by atoms with van der Waals surface area (Å²) in [5, 5.41) is 8.72. The molecule has 3 aliphatic heterocycles. The number of hydroxylamine groups is 1. The Kier molecular flexibility index (Phi) is 11.0. The third kappa shape index (κ3) is 8.66. The Balaban J connectivity index is 1.39. The summed E-state index contributed by atoms with van der Waals surface area (Å²) in [4.78, 5) is 74.7. The number of nitrogens with one attached hydrogen (secondary N) is 4. The van der Waals surface area contributed by atoms with Crippen molar-refractivity contribution in [1.82, 2.24) is 26.3 Å². The number of hydrogen-bond acceptors (Lipinski definition) is 9. The molecule has 1 spiro atoms. The molecular formula is C34H46ClN5O8. The van der Waals surface area contributed by atoms with E-state index < -0.39 is 58.7 Å². The molecule has 1 saturated carbocycles. The van der Waals surface area contributed by atoms with Crippen molar-refractivity contribution in [2.24, 2.45) is 11.3 Å². The molecule has 3 heterocycles. The Labute approximate surface area is 285 Å². The first-order chi connectivity index (χ1) is 22.8. The number of likely N-dealkylation sites (tertiary alicyclic amines) is 1. The highest BCUT2D eigenvalue weighted by Crippen LogP contribution is 2.39. The number of ether oxygens (including phenoxy) is 2. The van der Waals surface area contributed by atoms with E-state index in [4.69, 9.17) is 25.9 Å². The number of benzene rings is 1. The molecule has 3 fully saturated rings. The summed E-state index contributed by atoms with van der Waals surface area (Å²) < 4.78 is 10.8. The van der Waals surface area contributed by atoms with Gasteiger partial charge in [0.25, 0.3) is 5.91 Å². The average molecular weight is 688 g/mol. The van der Waals surface area contributed by atoms with Crippen LogP contribution < -0.4 is 21.4 Å². The Morgan fingerprint density at radius 1 is 1.15 bits per heavy atom. The minimum atomic E-state index is -1.12. The second kappa shape index (κ2) is 14.8. The van der Waals surface area contributed by atoms with Gasteiger partial charge in [-0.25, -0.2) is 4.79 Å². The van der Waals surface area contributed by atoms with E-state index in [1.807, 2.05) is 19.1 Å². The van der Waals surface area contributed by atoms with Crippen LogP contribution in [-0.2, 0) is 33.5 Å². The van der Waals surface area contributed by atoms with E-state index in [2.05, 4.69) is 21.4 Å². The molecule has 5 atom stereocenters. The number of hydrogen-bond donors (Lipinski definition) is 4. The lowest BCUT2D eigenvalue weighted by Crippen LogP contribution is -2.59. The van der Waals surface area contributed by atoms with Crippen LogP contribution in [0.1, 0.15) is 71.8 Å². The smallest absolute Gasteiger partial charge is 0.407 e. The van der Waals surface area contributed by atoms with Crippen molar-refractivity contribution in [3.05, 3.63) is 40.9 Å². The van der Waals surface area contributed by atoms with Crippen LogP contribution in [0.5, 0.6) is 0 Å². The third-order valence-corrected chi connectivity index (χ3v) is 9.28. The molecule has 2 saturated heterocycles. The van der Waals surface area contributed by atoms with Crippen LogP contribution in [0, 0.1) is 11.3 Å². The van der Waals surface area contributed by atoms with Gasteiger partial charge >= 0.3 is 6.09 Å². The highest BCUT2D eigenvalue weighted by atomic mass is 35.5. The average Bonchev–Trinajstić information content (AvgIpc) is 3.40. The van der Waals surface area contributed by atoms with Gasteiger partial charge in [-0.1, -0.05) is 57.8 Å². The topological polar surface area (TPSA) is 164 Å². The van der Waals surface area contributed by atoms with E-state index in [-0.39, 0.29) is 38.0 Å². The summed E-state index contributed by atoms with van der Waals surface area (Å²) in [5.74, 6) is -2.49. The second-order valence-electron chi connectivity index (χ2n) is 14.3. The number of alkyl carbamates (subject to hydrolysis) is 1. The van der Waals surface area contributed by atoms with Crippen LogP contribution in [0.2, 0.25) is 5.02 Å².